The van der Waals surface area contributed by atoms with Crippen LogP contribution in [0.5, 0.6) is 0 Å². The Morgan fingerprint density at radius 2 is 1.95 bits per heavy atom. The number of hydrogen-bond acceptors (Lipinski definition) is 5. The molecule has 0 amide bonds. The van der Waals surface area contributed by atoms with Gasteiger partial charge in [-0.1, -0.05) is 11.8 Å². The zero-order valence-electron chi connectivity index (χ0n) is 12.0. The monoisotopic (exact) mass is 313 g/mol. The van der Waals surface area contributed by atoms with Crippen molar-refractivity contribution < 1.29 is 23.0 Å². The van der Waals surface area contributed by atoms with Crippen molar-refractivity contribution in [3.63, 3.8) is 0 Å². The van der Waals surface area contributed by atoms with Gasteiger partial charge in [-0.05, 0) is 24.3 Å². The molecule has 0 spiro atoms. The van der Waals surface area contributed by atoms with E-state index in [4.69, 9.17) is 14.6 Å². The highest BCUT2D eigenvalue weighted by molar-refractivity contribution is 7.89. The lowest BCUT2D eigenvalue weighted by Gasteiger charge is -2.15. The molecule has 1 aromatic rings. The first-order valence-electron chi connectivity index (χ1n) is 6.24. The average molecular weight is 313 g/mol. The number of aliphatic hydroxyl groups is 1. The molecule has 21 heavy (non-hydrogen) atoms. The van der Waals surface area contributed by atoms with Gasteiger partial charge in [-0.2, -0.15) is 0 Å². The molecule has 0 aliphatic heterocycles. The highest BCUT2D eigenvalue weighted by Gasteiger charge is 2.16. The molecule has 0 heterocycles. The second-order valence-electron chi connectivity index (χ2n) is 4.15. The maximum atomic E-state index is 12.1. The van der Waals surface area contributed by atoms with Crippen LogP contribution in [0.1, 0.15) is 5.56 Å². The highest BCUT2D eigenvalue weighted by atomic mass is 32.2. The van der Waals surface area contributed by atoms with Gasteiger partial charge >= 0.3 is 0 Å². The summed E-state index contributed by atoms with van der Waals surface area (Å²) in [6, 6.07) is 6.09. The van der Waals surface area contributed by atoms with Crippen LogP contribution in [0.3, 0.4) is 0 Å². The maximum absolute atomic E-state index is 12.1. The van der Waals surface area contributed by atoms with Crippen LogP contribution < -0.4 is 4.72 Å². The molecule has 1 aromatic carbocycles. The second-order valence-corrected chi connectivity index (χ2v) is 5.92. The molecule has 0 aromatic heterocycles. The molecule has 0 fully saturated rings. The van der Waals surface area contributed by atoms with E-state index < -0.39 is 10.0 Å². The summed E-state index contributed by atoms with van der Waals surface area (Å²) in [6.45, 7) is 0.187. The van der Waals surface area contributed by atoms with Gasteiger partial charge in [0.25, 0.3) is 0 Å². The van der Waals surface area contributed by atoms with Gasteiger partial charge in [0.05, 0.1) is 17.6 Å². The summed E-state index contributed by atoms with van der Waals surface area (Å²) in [5.74, 6) is 5.19. The summed E-state index contributed by atoms with van der Waals surface area (Å²) in [5, 5.41) is 8.60. The number of sulfonamides is 1. The van der Waals surface area contributed by atoms with E-state index in [9.17, 15) is 8.42 Å². The van der Waals surface area contributed by atoms with Crippen molar-refractivity contribution in [1.82, 2.24) is 4.72 Å². The van der Waals surface area contributed by atoms with E-state index in [1.807, 2.05) is 0 Å². The summed E-state index contributed by atoms with van der Waals surface area (Å²) in [4.78, 5) is 0.143. The molecular formula is C14H19NO5S. The van der Waals surface area contributed by atoms with Gasteiger partial charge in [0.2, 0.25) is 10.0 Å². The maximum Gasteiger partial charge on any atom is 0.240 e. The van der Waals surface area contributed by atoms with Gasteiger partial charge in [-0.3, -0.25) is 0 Å². The zero-order valence-corrected chi connectivity index (χ0v) is 12.8. The molecule has 1 unspecified atom stereocenters. The minimum Gasteiger partial charge on any atom is -0.384 e. The first kappa shape index (κ1) is 17.6. The molecule has 0 saturated carbocycles. The topological polar surface area (TPSA) is 84.9 Å². The number of aliphatic hydroxyl groups excluding tert-OH is 1. The largest absolute Gasteiger partial charge is 0.384 e. The molecule has 116 valence electrons. The Labute approximate surface area is 125 Å². The first-order chi connectivity index (χ1) is 10.0. The van der Waals surface area contributed by atoms with Crippen LogP contribution in [0.25, 0.3) is 0 Å². The minimum atomic E-state index is -3.60. The fourth-order valence-corrected chi connectivity index (χ4v) is 2.61. The molecule has 0 aliphatic rings. The number of rotatable bonds is 7. The van der Waals surface area contributed by atoms with Gasteiger partial charge in [0.15, 0.2) is 0 Å². The molecule has 0 bridgehead atoms. The summed E-state index contributed by atoms with van der Waals surface area (Å²) in [7, 11) is -0.591. The van der Waals surface area contributed by atoms with Crippen molar-refractivity contribution in [1.29, 1.82) is 0 Å². The van der Waals surface area contributed by atoms with E-state index in [1.165, 1.54) is 26.4 Å². The van der Waals surface area contributed by atoms with Crippen LogP contribution in [0.15, 0.2) is 29.2 Å². The smallest absolute Gasteiger partial charge is 0.240 e. The number of benzene rings is 1. The number of hydrogen-bond donors (Lipinski definition) is 2. The summed E-state index contributed by atoms with van der Waals surface area (Å²) < 4.78 is 36.7. The number of nitrogens with one attached hydrogen (secondary N) is 1. The first-order valence-corrected chi connectivity index (χ1v) is 7.73. The summed E-state index contributed by atoms with van der Waals surface area (Å²) in [6.07, 6.45) is -0.348. The van der Waals surface area contributed by atoms with E-state index in [0.717, 1.165) is 0 Å². The molecule has 6 nitrogen and oxygen atoms in total. The van der Waals surface area contributed by atoms with Gasteiger partial charge < -0.3 is 14.6 Å². The van der Waals surface area contributed by atoms with Crippen molar-refractivity contribution in [3.05, 3.63) is 29.8 Å². The Morgan fingerprint density at radius 3 is 2.48 bits per heavy atom. The standard InChI is InChI=1S/C14H19NO5S/c1-19-11-13(20-2)10-15-21(17,18)14-7-5-12(6-8-14)4-3-9-16/h5-8,13,15-16H,9-11H2,1-2H3. The van der Waals surface area contributed by atoms with E-state index in [-0.39, 0.29) is 24.2 Å². The fraction of sp³-hybridized carbons (Fsp3) is 0.429. The Morgan fingerprint density at radius 1 is 1.29 bits per heavy atom. The lowest BCUT2D eigenvalue weighted by atomic mass is 10.2. The predicted octanol–water partition coefficient (Wildman–Crippen LogP) is -0.0299. The molecule has 2 N–H and O–H groups in total. The quantitative estimate of drug-likeness (QED) is 0.691. The molecule has 7 heteroatoms. The molecule has 0 aliphatic carbocycles. The third kappa shape index (κ3) is 5.83. The zero-order chi connectivity index (χ0) is 15.7. The van der Waals surface area contributed by atoms with Gasteiger partial charge in [0, 0.05) is 26.3 Å². The third-order valence-electron chi connectivity index (χ3n) is 2.66. The van der Waals surface area contributed by atoms with Crippen LogP contribution in [0.4, 0.5) is 0 Å². The highest BCUT2D eigenvalue weighted by Crippen LogP contribution is 2.10. The third-order valence-corrected chi connectivity index (χ3v) is 4.10. The van der Waals surface area contributed by atoms with Crippen molar-refractivity contribution in [3.8, 4) is 11.8 Å². The fourth-order valence-electron chi connectivity index (χ4n) is 1.54. The molecular weight excluding hydrogens is 294 g/mol. The Hall–Kier alpha value is -1.43. The Bertz CT molecular complexity index is 586. The Balaban J connectivity index is 2.74. The minimum absolute atomic E-state index is 0.124. The molecule has 1 rings (SSSR count). The van der Waals surface area contributed by atoms with E-state index in [0.29, 0.717) is 12.2 Å². The average Bonchev–Trinajstić information content (AvgIpc) is 2.49. The summed E-state index contributed by atoms with van der Waals surface area (Å²) >= 11 is 0. The van der Waals surface area contributed by atoms with Crippen molar-refractivity contribution >= 4 is 10.0 Å². The van der Waals surface area contributed by atoms with E-state index >= 15 is 0 Å². The Kier molecular flexibility index (Phi) is 7.36. The van der Waals surface area contributed by atoms with Crippen molar-refractivity contribution in [2.75, 3.05) is 34.0 Å². The van der Waals surface area contributed by atoms with Crippen molar-refractivity contribution in [2.24, 2.45) is 0 Å². The van der Waals surface area contributed by atoms with Crippen LogP contribution in [0, 0.1) is 11.8 Å². The van der Waals surface area contributed by atoms with Crippen LogP contribution in [-0.2, 0) is 19.5 Å². The van der Waals surface area contributed by atoms with Gasteiger partial charge in [-0.25, -0.2) is 13.1 Å². The van der Waals surface area contributed by atoms with E-state index in [1.54, 1.807) is 12.1 Å². The molecule has 0 radical (unpaired) electrons. The van der Waals surface area contributed by atoms with Crippen molar-refractivity contribution in [2.45, 2.75) is 11.0 Å². The van der Waals surface area contributed by atoms with E-state index in [2.05, 4.69) is 16.6 Å². The van der Waals surface area contributed by atoms with Crippen LogP contribution >= 0.6 is 0 Å². The lowest BCUT2D eigenvalue weighted by Crippen LogP contribution is -2.35. The van der Waals surface area contributed by atoms with Crippen LogP contribution in [-0.4, -0.2) is 53.6 Å². The predicted molar refractivity (Wildman–Crippen MR) is 78.3 cm³/mol. The lowest BCUT2D eigenvalue weighted by molar-refractivity contribution is 0.0320. The van der Waals surface area contributed by atoms with Gasteiger partial charge in [-0.15, -0.1) is 0 Å². The second kappa shape index (κ2) is 8.77. The summed E-state index contributed by atoms with van der Waals surface area (Å²) in [5.41, 5.74) is 0.636. The molecule has 0 saturated heterocycles. The SMILES string of the molecule is COCC(CNS(=O)(=O)c1ccc(C#CCO)cc1)OC. The number of methoxy groups -OCH3 is 2. The van der Waals surface area contributed by atoms with Crippen LogP contribution in [0.2, 0.25) is 0 Å². The normalized spacial score (nSPS) is 12.5. The number of ether oxygens (including phenoxy) is 2. The molecule has 1 atom stereocenters. The van der Waals surface area contributed by atoms with Gasteiger partial charge in [0.1, 0.15) is 6.61 Å².